The van der Waals surface area contributed by atoms with Crippen LogP contribution in [-0.4, -0.2) is 19.7 Å². The van der Waals surface area contributed by atoms with Gasteiger partial charge in [0.15, 0.2) is 10.6 Å². The van der Waals surface area contributed by atoms with Gasteiger partial charge >= 0.3 is 0 Å². The number of pyridine rings is 1. The summed E-state index contributed by atoms with van der Waals surface area (Å²) in [7, 11) is 0. The number of nitrogens with zero attached hydrogens (tertiary/aromatic N) is 3. The van der Waals surface area contributed by atoms with Crippen molar-refractivity contribution in [1.82, 2.24) is 19.7 Å². The van der Waals surface area contributed by atoms with E-state index in [-0.39, 0.29) is 0 Å². The number of H-pyrrole nitrogens is 1. The largest absolute Gasteiger partial charge is 0.299 e. The Morgan fingerprint density at radius 3 is 2.67 bits per heavy atom. The van der Waals surface area contributed by atoms with Crippen LogP contribution in [0.5, 0.6) is 0 Å². The van der Waals surface area contributed by atoms with Gasteiger partial charge in [-0.25, -0.2) is 0 Å². The first kappa shape index (κ1) is 14.4. The quantitative estimate of drug-likeness (QED) is 0.860. The molecule has 1 saturated carbocycles. The highest BCUT2D eigenvalue weighted by Gasteiger charge is 2.22. The molecule has 2 aromatic rings. The zero-order valence-electron chi connectivity index (χ0n) is 12.5. The molecule has 0 radical (unpaired) electrons. The summed E-state index contributed by atoms with van der Waals surface area (Å²) < 4.78 is 2.82. The molecule has 21 heavy (non-hydrogen) atoms. The average Bonchev–Trinajstić information content (AvgIpc) is 2.90. The van der Waals surface area contributed by atoms with Crippen LogP contribution in [-0.2, 0) is 6.54 Å². The highest BCUT2D eigenvalue weighted by molar-refractivity contribution is 7.71. The van der Waals surface area contributed by atoms with Crippen molar-refractivity contribution in [3.63, 3.8) is 0 Å². The molecule has 3 rings (SSSR count). The fourth-order valence-electron chi connectivity index (χ4n) is 3.26. The number of aromatic amines is 1. The lowest BCUT2D eigenvalue weighted by atomic mass is 9.81. The molecule has 0 bridgehead atoms. The minimum absolute atomic E-state index is 0.702. The summed E-state index contributed by atoms with van der Waals surface area (Å²) in [6, 6.07) is 5.88. The third kappa shape index (κ3) is 3.23. The third-order valence-corrected chi connectivity index (χ3v) is 4.95. The average molecular weight is 302 g/mol. The van der Waals surface area contributed by atoms with Gasteiger partial charge in [-0.3, -0.25) is 14.6 Å². The van der Waals surface area contributed by atoms with E-state index in [2.05, 4.69) is 26.7 Å². The van der Waals surface area contributed by atoms with Crippen molar-refractivity contribution in [3.05, 3.63) is 29.2 Å². The summed E-state index contributed by atoms with van der Waals surface area (Å²) in [6.45, 7) is 3.26. The van der Waals surface area contributed by atoms with Crippen molar-refractivity contribution in [2.45, 2.75) is 45.6 Å². The second kappa shape index (κ2) is 6.52. The fourth-order valence-corrected chi connectivity index (χ4v) is 3.46. The molecule has 0 atom stereocenters. The van der Waals surface area contributed by atoms with Gasteiger partial charge in [-0.05, 0) is 49.0 Å². The van der Waals surface area contributed by atoms with Gasteiger partial charge in [0.25, 0.3) is 0 Å². The van der Waals surface area contributed by atoms with Crippen molar-refractivity contribution >= 4 is 12.2 Å². The van der Waals surface area contributed by atoms with Crippen LogP contribution in [0.3, 0.4) is 0 Å². The Labute approximate surface area is 130 Å². The Bertz CT molecular complexity index is 623. The predicted octanol–water partition coefficient (Wildman–Crippen LogP) is 4.22. The molecule has 0 aromatic carbocycles. The monoisotopic (exact) mass is 302 g/mol. The molecule has 0 aliphatic heterocycles. The van der Waals surface area contributed by atoms with Crippen LogP contribution >= 0.6 is 12.2 Å². The van der Waals surface area contributed by atoms with E-state index in [0.29, 0.717) is 10.7 Å². The number of rotatable bonds is 4. The third-order valence-electron chi connectivity index (χ3n) is 4.64. The van der Waals surface area contributed by atoms with Gasteiger partial charge in [-0.15, -0.1) is 0 Å². The Kier molecular flexibility index (Phi) is 4.48. The summed E-state index contributed by atoms with van der Waals surface area (Å²) >= 11 is 5.40. The Balaban J connectivity index is 1.77. The molecule has 0 amide bonds. The van der Waals surface area contributed by atoms with Crippen LogP contribution in [0.15, 0.2) is 24.4 Å². The van der Waals surface area contributed by atoms with Crippen molar-refractivity contribution in [2.75, 3.05) is 0 Å². The van der Waals surface area contributed by atoms with Gasteiger partial charge in [0.1, 0.15) is 5.69 Å². The molecule has 2 heterocycles. The van der Waals surface area contributed by atoms with Gasteiger partial charge in [0.05, 0.1) is 0 Å². The van der Waals surface area contributed by atoms with Crippen LogP contribution in [0.4, 0.5) is 0 Å². The molecule has 0 spiro atoms. The first-order chi connectivity index (χ1) is 10.3. The molecular formula is C16H22N4S. The number of hydrogen-bond donors (Lipinski definition) is 1. The van der Waals surface area contributed by atoms with Crippen LogP contribution in [0.25, 0.3) is 11.5 Å². The van der Waals surface area contributed by atoms with E-state index in [9.17, 15) is 0 Å². The summed E-state index contributed by atoms with van der Waals surface area (Å²) in [6.07, 6.45) is 8.41. The number of nitrogens with one attached hydrogen (secondary N) is 1. The molecule has 0 unspecified atom stereocenters. The maximum absolute atomic E-state index is 5.40. The fraction of sp³-hybridized carbons (Fsp3) is 0.562. The van der Waals surface area contributed by atoms with Gasteiger partial charge in [0, 0.05) is 12.7 Å². The lowest BCUT2D eigenvalue weighted by molar-refractivity contribution is 0.247. The van der Waals surface area contributed by atoms with E-state index in [0.717, 1.165) is 24.0 Å². The first-order valence-corrected chi connectivity index (χ1v) is 8.25. The second-order valence-electron chi connectivity index (χ2n) is 5.97. The Morgan fingerprint density at radius 2 is 2.00 bits per heavy atom. The lowest BCUT2D eigenvalue weighted by Gasteiger charge is -2.28. The highest BCUT2D eigenvalue weighted by atomic mass is 32.1. The predicted molar refractivity (Wildman–Crippen MR) is 86.4 cm³/mol. The summed E-state index contributed by atoms with van der Waals surface area (Å²) in [5.74, 6) is 2.49. The van der Waals surface area contributed by atoms with E-state index in [1.165, 1.54) is 32.1 Å². The summed E-state index contributed by atoms with van der Waals surface area (Å²) in [4.78, 5) is 4.39. The highest BCUT2D eigenvalue weighted by Crippen LogP contribution is 2.32. The van der Waals surface area contributed by atoms with Crippen LogP contribution < -0.4 is 0 Å². The molecule has 1 fully saturated rings. The van der Waals surface area contributed by atoms with Gasteiger partial charge in [-0.2, -0.15) is 5.10 Å². The van der Waals surface area contributed by atoms with Gasteiger partial charge in [-0.1, -0.05) is 32.3 Å². The normalized spacial score (nSPS) is 22.3. The molecular weight excluding hydrogens is 280 g/mol. The molecule has 1 aliphatic carbocycles. The minimum atomic E-state index is 0.702. The zero-order valence-corrected chi connectivity index (χ0v) is 13.3. The van der Waals surface area contributed by atoms with Crippen LogP contribution in [0.2, 0.25) is 0 Å². The second-order valence-corrected chi connectivity index (χ2v) is 6.36. The minimum Gasteiger partial charge on any atom is -0.299 e. The summed E-state index contributed by atoms with van der Waals surface area (Å²) in [5.41, 5.74) is 0.882. The molecule has 2 aromatic heterocycles. The van der Waals surface area contributed by atoms with Crippen molar-refractivity contribution in [3.8, 4) is 11.5 Å². The molecule has 4 nitrogen and oxygen atoms in total. The standard InChI is InChI=1S/C16H22N4S/c1-2-12-6-8-13(9-7-12)11-20-15(18-19-16(20)21)14-5-3-4-10-17-14/h3-5,10,12-13H,2,6-9,11H2,1H3,(H,19,21). The van der Waals surface area contributed by atoms with Crippen molar-refractivity contribution in [2.24, 2.45) is 11.8 Å². The molecule has 5 heteroatoms. The summed E-state index contributed by atoms with van der Waals surface area (Å²) in [5, 5.41) is 7.29. The number of aromatic nitrogens is 4. The van der Waals surface area contributed by atoms with E-state index < -0.39 is 0 Å². The van der Waals surface area contributed by atoms with E-state index in [1.807, 2.05) is 18.2 Å². The molecule has 0 saturated heterocycles. The number of hydrogen-bond acceptors (Lipinski definition) is 3. The molecule has 1 aliphatic rings. The molecule has 1 N–H and O–H groups in total. The Morgan fingerprint density at radius 1 is 1.24 bits per heavy atom. The topological polar surface area (TPSA) is 46.5 Å². The Hall–Kier alpha value is -1.49. The van der Waals surface area contributed by atoms with E-state index >= 15 is 0 Å². The first-order valence-electron chi connectivity index (χ1n) is 7.84. The maximum atomic E-state index is 5.40. The van der Waals surface area contributed by atoms with Gasteiger partial charge in [0.2, 0.25) is 0 Å². The van der Waals surface area contributed by atoms with Crippen LogP contribution in [0.1, 0.15) is 39.0 Å². The van der Waals surface area contributed by atoms with Crippen LogP contribution in [0, 0.1) is 16.6 Å². The smallest absolute Gasteiger partial charge is 0.195 e. The van der Waals surface area contributed by atoms with E-state index in [4.69, 9.17) is 12.2 Å². The maximum Gasteiger partial charge on any atom is 0.195 e. The zero-order chi connectivity index (χ0) is 14.7. The van der Waals surface area contributed by atoms with Crippen molar-refractivity contribution < 1.29 is 0 Å². The van der Waals surface area contributed by atoms with Gasteiger partial charge < -0.3 is 0 Å². The lowest BCUT2D eigenvalue weighted by Crippen LogP contribution is -2.19. The SMILES string of the molecule is CCC1CCC(Cn2c(-c3ccccn3)n[nH]c2=S)CC1. The van der Waals surface area contributed by atoms with E-state index in [1.54, 1.807) is 6.20 Å². The molecule has 112 valence electrons. The van der Waals surface area contributed by atoms with Crippen molar-refractivity contribution in [1.29, 1.82) is 0 Å².